The standard InChI is InChI=1S/C21H33N3O3/c1-5-17-8-6-7-9-20(17)27-13-12-23(3)21(26)14-18-10-11-19(24(18)4)15-22-16(2)25/h6-9,18-19H,5,10-15H2,1-4H3,(H,22,25)/t18-,19+/m0/s1. The maximum atomic E-state index is 12.6. The van der Waals surface area contributed by atoms with Gasteiger partial charge in [0.25, 0.3) is 0 Å². The van der Waals surface area contributed by atoms with Crippen LogP contribution in [0.2, 0.25) is 0 Å². The van der Waals surface area contributed by atoms with E-state index in [2.05, 4.69) is 23.2 Å². The zero-order chi connectivity index (χ0) is 19.8. The molecule has 6 nitrogen and oxygen atoms in total. The van der Waals surface area contributed by atoms with Gasteiger partial charge in [-0.15, -0.1) is 0 Å². The Morgan fingerprint density at radius 3 is 2.67 bits per heavy atom. The molecule has 0 spiro atoms. The van der Waals surface area contributed by atoms with E-state index in [0.29, 0.717) is 32.2 Å². The lowest BCUT2D eigenvalue weighted by Gasteiger charge is -2.27. The largest absolute Gasteiger partial charge is 0.491 e. The first-order valence-corrected chi connectivity index (χ1v) is 9.83. The summed E-state index contributed by atoms with van der Waals surface area (Å²) in [4.78, 5) is 27.6. The van der Waals surface area contributed by atoms with Gasteiger partial charge < -0.3 is 15.0 Å². The molecule has 27 heavy (non-hydrogen) atoms. The summed E-state index contributed by atoms with van der Waals surface area (Å²) in [6.07, 6.45) is 3.43. The smallest absolute Gasteiger partial charge is 0.224 e. The Morgan fingerprint density at radius 2 is 1.96 bits per heavy atom. The summed E-state index contributed by atoms with van der Waals surface area (Å²) in [7, 11) is 3.88. The van der Waals surface area contributed by atoms with Crippen molar-refractivity contribution in [3.63, 3.8) is 0 Å². The van der Waals surface area contributed by atoms with Crippen LogP contribution in [0, 0.1) is 0 Å². The number of para-hydroxylation sites is 1. The third-order valence-corrected chi connectivity index (χ3v) is 5.45. The van der Waals surface area contributed by atoms with E-state index in [1.54, 1.807) is 4.90 Å². The topological polar surface area (TPSA) is 61.9 Å². The number of benzene rings is 1. The van der Waals surface area contributed by atoms with Crippen molar-refractivity contribution in [2.45, 2.75) is 51.6 Å². The average Bonchev–Trinajstić information content (AvgIpc) is 3.00. The van der Waals surface area contributed by atoms with E-state index in [-0.39, 0.29) is 17.9 Å². The van der Waals surface area contributed by atoms with Gasteiger partial charge in [0, 0.05) is 39.0 Å². The summed E-state index contributed by atoms with van der Waals surface area (Å²) < 4.78 is 5.87. The lowest BCUT2D eigenvalue weighted by molar-refractivity contribution is -0.131. The molecule has 6 heteroatoms. The molecule has 0 unspecified atom stereocenters. The van der Waals surface area contributed by atoms with E-state index in [4.69, 9.17) is 4.74 Å². The minimum Gasteiger partial charge on any atom is -0.491 e. The minimum absolute atomic E-state index is 0.00712. The Bertz CT molecular complexity index is 635. The Hall–Kier alpha value is -2.08. The number of carbonyl (C=O) groups excluding carboxylic acids is 2. The molecule has 0 bridgehead atoms. The van der Waals surface area contributed by atoms with Crippen LogP contribution in [0.1, 0.15) is 38.7 Å². The molecule has 0 radical (unpaired) electrons. The summed E-state index contributed by atoms with van der Waals surface area (Å²) >= 11 is 0. The molecule has 1 fully saturated rings. The van der Waals surface area contributed by atoms with Crippen LogP contribution in [0.5, 0.6) is 5.75 Å². The molecule has 1 heterocycles. The van der Waals surface area contributed by atoms with Crippen molar-refractivity contribution in [2.24, 2.45) is 0 Å². The van der Waals surface area contributed by atoms with E-state index in [0.717, 1.165) is 25.0 Å². The van der Waals surface area contributed by atoms with Gasteiger partial charge in [-0.1, -0.05) is 25.1 Å². The lowest BCUT2D eigenvalue weighted by atomic mass is 10.1. The van der Waals surface area contributed by atoms with Crippen LogP contribution in [-0.2, 0) is 16.0 Å². The van der Waals surface area contributed by atoms with Gasteiger partial charge in [0.15, 0.2) is 0 Å². The van der Waals surface area contributed by atoms with Crippen molar-refractivity contribution in [1.82, 2.24) is 15.1 Å². The number of amides is 2. The van der Waals surface area contributed by atoms with Gasteiger partial charge in [-0.2, -0.15) is 0 Å². The van der Waals surface area contributed by atoms with Crippen LogP contribution in [0.3, 0.4) is 0 Å². The molecule has 150 valence electrons. The molecule has 1 aromatic rings. The Balaban J connectivity index is 1.74. The summed E-state index contributed by atoms with van der Waals surface area (Å²) in [6.45, 7) is 5.35. The Kier molecular flexibility index (Phi) is 8.10. The number of rotatable bonds is 9. The number of nitrogens with one attached hydrogen (secondary N) is 1. The molecule has 0 aliphatic carbocycles. The summed E-state index contributed by atoms with van der Waals surface area (Å²) in [6, 6.07) is 8.57. The number of ether oxygens (including phenoxy) is 1. The Morgan fingerprint density at radius 1 is 1.26 bits per heavy atom. The molecule has 1 N–H and O–H groups in total. The monoisotopic (exact) mass is 375 g/mol. The summed E-state index contributed by atoms with van der Waals surface area (Å²) in [5.74, 6) is 1.03. The predicted octanol–water partition coefficient (Wildman–Crippen LogP) is 2.08. The SMILES string of the molecule is CCc1ccccc1OCCN(C)C(=O)C[C@@H]1CC[C@H](CNC(C)=O)N1C. The fraction of sp³-hybridized carbons (Fsp3) is 0.619. The number of nitrogens with zero attached hydrogens (tertiary/aromatic N) is 2. The van der Waals surface area contributed by atoms with Gasteiger partial charge in [0.2, 0.25) is 11.8 Å². The molecule has 1 aliphatic heterocycles. The first kappa shape index (κ1) is 21.2. The van der Waals surface area contributed by atoms with Gasteiger partial charge in [0.1, 0.15) is 12.4 Å². The zero-order valence-electron chi connectivity index (χ0n) is 17.0. The zero-order valence-corrected chi connectivity index (χ0v) is 17.0. The van der Waals surface area contributed by atoms with Gasteiger partial charge in [-0.25, -0.2) is 0 Å². The number of hydrogen-bond donors (Lipinski definition) is 1. The number of likely N-dealkylation sites (tertiary alicyclic amines) is 1. The van der Waals surface area contributed by atoms with Crippen LogP contribution in [0.25, 0.3) is 0 Å². The van der Waals surface area contributed by atoms with Crippen molar-refractivity contribution in [1.29, 1.82) is 0 Å². The molecule has 1 aromatic carbocycles. The molecule has 0 aromatic heterocycles. The van der Waals surface area contributed by atoms with Crippen LogP contribution in [0.4, 0.5) is 0 Å². The highest BCUT2D eigenvalue weighted by Gasteiger charge is 2.32. The molecule has 1 saturated heterocycles. The lowest BCUT2D eigenvalue weighted by Crippen LogP contribution is -2.42. The van der Waals surface area contributed by atoms with E-state index in [1.807, 2.05) is 32.3 Å². The van der Waals surface area contributed by atoms with Crippen LogP contribution >= 0.6 is 0 Å². The van der Waals surface area contributed by atoms with Gasteiger partial charge in [-0.3, -0.25) is 14.5 Å². The highest BCUT2D eigenvalue weighted by molar-refractivity contribution is 5.76. The van der Waals surface area contributed by atoms with Crippen LogP contribution < -0.4 is 10.1 Å². The third kappa shape index (κ3) is 6.24. The van der Waals surface area contributed by atoms with E-state index in [9.17, 15) is 9.59 Å². The van der Waals surface area contributed by atoms with Crippen molar-refractivity contribution >= 4 is 11.8 Å². The fourth-order valence-electron chi connectivity index (χ4n) is 3.56. The van der Waals surface area contributed by atoms with Crippen molar-refractivity contribution in [3.8, 4) is 5.75 Å². The van der Waals surface area contributed by atoms with E-state index < -0.39 is 0 Å². The quantitative estimate of drug-likeness (QED) is 0.718. The minimum atomic E-state index is -0.00712. The molecule has 2 rings (SSSR count). The first-order chi connectivity index (χ1) is 12.9. The third-order valence-electron chi connectivity index (χ3n) is 5.45. The van der Waals surface area contributed by atoms with Crippen molar-refractivity contribution in [3.05, 3.63) is 29.8 Å². The second-order valence-corrected chi connectivity index (χ2v) is 7.32. The van der Waals surface area contributed by atoms with E-state index in [1.165, 1.54) is 12.5 Å². The second kappa shape index (κ2) is 10.3. The Labute approximate surface area is 162 Å². The van der Waals surface area contributed by atoms with Crippen molar-refractivity contribution < 1.29 is 14.3 Å². The predicted molar refractivity (Wildman–Crippen MR) is 107 cm³/mol. The van der Waals surface area contributed by atoms with E-state index >= 15 is 0 Å². The fourth-order valence-corrected chi connectivity index (χ4v) is 3.56. The molecular formula is C21H33N3O3. The molecule has 1 aliphatic rings. The molecule has 0 saturated carbocycles. The van der Waals surface area contributed by atoms with Crippen LogP contribution in [0.15, 0.2) is 24.3 Å². The second-order valence-electron chi connectivity index (χ2n) is 7.32. The number of likely N-dealkylation sites (N-methyl/N-ethyl adjacent to an activating group) is 2. The first-order valence-electron chi connectivity index (χ1n) is 9.83. The highest BCUT2D eigenvalue weighted by atomic mass is 16.5. The normalized spacial score (nSPS) is 19.7. The van der Waals surface area contributed by atoms with Crippen molar-refractivity contribution in [2.75, 3.05) is 33.8 Å². The van der Waals surface area contributed by atoms with Gasteiger partial charge in [-0.05, 0) is 37.9 Å². The van der Waals surface area contributed by atoms with Gasteiger partial charge in [0.05, 0.1) is 6.54 Å². The molecule has 2 atom stereocenters. The molecular weight excluding hydrogens is 342 g/mol. The summed E-state index contributed by atoms with van der Waals surface area (Å²) in [5, 5.41) is 2.87. The van der Waals surface area contributed by atoms with Crippen LogP contribution in [-0.4, -0.2) is 67.5 Å². The number of hydrogen-bond acceptors (Lipinski definition) is 4. The summed E-state index contributed by atoms with van der Waals surface area (Å²) in [5.41, 5.74) is 1.18. The number of carbonyl (C=O) groups is 2. The maximum absolute atomic E-state index is 12.6. The highest BCUT2D eigenvalue weighted by Crippen LogP contribution is 2.24. The maximum Gasteiger partial charge on any atom is 0.224 e. The van der Waals surface area contributed by atoms with Gasteiger partial charge >= 0.3 is 0 Å². The number of aryl methyl sites for hydroxylation is 1. The molecule has 2 amide bonds. The average molecular weight is 376 g/mol.